The van der Waals surface area contributed by atoms with Gasteiger partial charge < -0.3 is 14.4 Å². The van der Waals surface area contributed by atoms with E-state index in [1.165, 1.54) is 12.1 Å². The van der Waals surface area contributed by atoms with Gasteiger partial charge in [0.1, 0.15) is 23.4 Å². The maximum Gasteiger partial charge on any atom is 0.306 e. The van der Waals surface area contributed by atoms with Gasteiger partial charge in [0.05, 0.1) is 12.8 Å². The molecule has 0 aliphatic carbocycles. The summed E-state index contributed by atoms with van der Waals surface area (Å²) < 4.78 is 51.8. The maximum absolute atomic E-state index is 11.6. The summed E-state index contributed by atoms with van der Waals surface area (Å²) in [4.78, 5) is 0. The van der Waals surface area contributed by atoms with E-state index in [4.69, 9.17) is 4.18 Å². The van der Waals surface area contributed by atoms with Gasteiger partial charge in [-0.1, -0.05) is 23.1 Å². The van der Waals surface area contributed by atoms with Crippen molar-refractivity contribution in [1.29, 1.82) is 0 Å². The largest absolute Gasteiger partial charge is 0.506 e. The molecule has 0 radical (unpaired) electrons. The molecule has 5 N–H and O–H groups in total. The lowest BCUT2D eigenvalue weighted by molar-refractivity contribution is 0.182. The molecule has 1 saturated heterocycles. The van der Waals surface area contributed by atoms with E-state index in [9.17, 15) is 27.7 Å². The highest BCUT2D eigenvalue weighted by Gasteiger charge is 2.36. The SMILES string of the molecule is Cc1cc(C)c(Cc2ccc(N3CC(O)NS3(O)O)c(O)c2)c(OS(C)(=O)=O)c1. The number of phenols is 1. The van der Waals surface area contributed by atoms with Crippen LogP contribution in [0.25, 0.3) is 0 Å². The first-order valence-corrected chi connectivity index (χ1v) is 12.0. The van der Waals surface area contributed by atoms with Crippen LogP contribution in [0.5, 0.6) is 11.5 Å². The first-order chi connectivity index (χ1) is 13.4. The third-order valence-electron chi connectivity index (χ3n) is 4.45. The van der Waals surface area contributed by atoms with Crippen LogP contribution in [0, 0.1) is 13.8 Å². The van der Waals surface area contributed by atoms with Crippen molar-refractivity contribution >= 4 is 26.8 Å². The minimum Gasteiger partial charge on any atom is -0.506 e. The van der Waals surface area contributed by atoms with Gasteiger partial charge in [-0.25, -0.2) is 0 Å². The van der Waals surface area contributed by atoms with Crippen molar-refractivity contribution in [2.24, 2.45) is 0 Å². The fourth-order valence-corrected chi connectivity index (χ4v) is 5.12. The average molecular weight is 445 g/mol. The van der Waals surface area contributed by atoms with Crippen LogP contribution in [0.4, 0.5) is 5.69 Å². The second-order valence-electron chi connectivity index (χ2n) is 7.06. The standard InChI is InChI=1S/C18H24N2O7S2/c1-11-6-12(2)14(17(7-11)27-28(3,23)24)8-13-4-5-15(16(21)9-13)20-10-18(22)19-29(20,25)26/h4-7,9,18-19,21-22,25-26H,8,10H2,1-3H3. The van der Waals surface area contributed by atoms with Gasteiger partial charge in [0.25, 0.3) is 0 Å². The molecule has 0 aromatic heterocycles. The predicted octanol–water partition coefficient (Wildman–Crippen LogP) is 2.25. The molecule has 29 heavy (non-hydrogen) atoms. The van der Waals surface area contributed by atoms with Crippen molar-refractivity contribution in [3.05, 3.63) is 52.6 Å². The zero-order valence-electron chi connectivity index (χ0n) is 16.2. The zero-order valence-corrected chi connectivity index (χ0v) is 17.8. The molecule has 1 heterocycles. The molecule has 0 spiro atoms. The first-order valence-electron chi connectivity index (χ1n) is 8.68. The van der Waals surface area contributed by atoms with E-state index in [2.05, 4.69) is 4.72 Å². The second-order valence-corrected chi connectivity index (χ2v) is 10.3. The molecule has 1 atom stereocenters. The Morgan fingerprint density at radius 1 is 1.24 bits per heavy atom. The monoisotopic (exact) mass is 444 g/mol. The smallest absolute Gasteiger partial charge is 0.306 e. The van der Waals surface area contributed by atoms with E-state index in [1.54, 1.807) is 12.1 Å². The molecule has 11 heteroatoms. The lowest BCUT2D eigenvalue weighted by atomic mass is 9.97. The van der Waals surface area contributed by atoms with E-state index in [0.29, 0.717) is 17.5 Å². The summed E-state index contributed by atoms with van der Waals surface area (Å²) >= 11 is 0. The molecular weight excluding hydrogens is 420 g/mol. The molecule has 1 fully saturated rings. The summed E-state index contributed by atoms with van der Waals surface area (Å²) in [6.45, 7) is 3.58. The normalized spacial score (nSPS) is 19.9. The highest BCUT2D eigenvalue weighted by molar-refractivity contribution is 8.24. The molecule has 1 aliphatic heterocycles. The summed E-state index contributed by atoms with van der Waals surface area (Å²) in [6, 6.07) is 8.20. The summed E-state index contributed by atoms with van der Waals surface area (Å²) in [5.74, 6) is 0.0309. The van der Waals surface area contributed by atoms with E-state index in [0.717, 1.165) is 21.7 Å². The van der Waals surface area contributed by atoms with Crippen molar-refractivity contribution < 1.29 is 31.9 Å². The minimum atomic E-state index is -3.71. The number of benzene rings is 2. The predicted molar refractivity (Wildman–Crippen MR) is 112 cm³/mol. The molecule has 2 aromatic carbocycles. The zero-order chi connectivity index (χ0) is 21.6. The number of anilines is 1. The molecule has 9 nitrogen and oxygen atoms in total. The van der Waals surface area contributed by atoms with Crippen LogP contribution in [0.1, 0.15) is 22.3 Å². The van der Waals surface area contributed by atoms with Crippen molar-refractivity contribution in [3.63, 3.8) is 0 Å². The van der Waals surface area contributed by atoms with Crippen molar-refractivity contribution in [2.75, 3.05) is 17.1 Å². The van der Waals surface area contributed by atoms with Crippen LogP contribution in [0.15, 0.2) is 30.3 Å². The quantitative estimate of drug-likeness (QED) is 0.439. The van der Waals surface area contributed by atoms with Crippen LogP contribution >= 0.6 is 11.0 Å². The minimum absolute atomic E-state index is 0.0986. The topological polar surface area (TPSA) is 140 Å². The summed E-state index contributed by atoms with van der Waals surface area (Å²) in [5.41, 5.74) is 3.18. The van der Waals surface area contributed by atoms with Gasteiger partial charge in [0.15, 0.2) is 0 Å². The molecular formula is C18H24N2O7S2. The number of hydrogen-bond acceptors (Lipinski definition) is 9. The van der Waals surface area contributed by atoms with E-state index in [-0.39, 0.29) is 23.7 Å². The van der Waals surface area contributed by atoms with Crippen LogP contribution in [-0.2, 0) is 16.5 Å². The van der Waals surface area contributed by atoms with Gasteiger partial charge in [-0.3, -0.25) is 13.4 Å². The summed E-state index contributed by atoms with van der Waals surface area (Å²) in [6.07, 6.45) is 0.137. The third kappa shape index (κ3) is 4.94. The number of aromatic hydroxyl groups is 1. The Hall–Kier alpha value is -2.02. The van der Waals surface area contributed by atoms with E-state index in [1.807, 2.05) is 19.9 Å². The van der Waals surface area contributed by atoms with Crippen molar-refractivity contribution in [1.82, 2.24) is 4.72 Å². The van der Waals surface area contributed by atoms with Gasteiger partial charge in [-0.15, -0.1) is 0 Å². The Morgan fingerprint density at radius 2 is 1.93 bits per heavy atom. The first kappa shape index (κ1) is 21.7. The number of hydrogen-bond donors (Lipinski definition) is 5. The lowest BCUT2D eigenvalue weighted by Gasteiger charge is -2.36. The average Bonchev–Trinajstić information content (AvgIpc) is 2.81. The molecule has 160 valence electrons. The lowest BCUT2D eigenvalue weighted by Crippen LogP contribution is -2.25. The van der Waals surface area contributed by atoms with Crippen molar-refractivity contribution in [3.8, 4) is 11.5 Å². The van der Waals surface area contributed by atoms with Crippen LogP contribution < -0.4 is 13.2 Å². The second kappa shape index (κ2) is 7.67. The molecule has 0 saturated carbocycles. The molecule has 1 aliphatic rings. The fraction of sp³-hybridized carbons (Fsp3) is 0.333. The number of nitrogens with zero attached hydrogens (tertiary/aromatic N) is 1. The number of phenolic OH excluding ortho intramolecular Hbond substituents is 1. The van der Waals surface area contributed by atoms with Gasteiger partial charge in [0, 0.05) is 12.0 Å². The molecule has 0 bridgehead atoms. The Kier molecular flexibility index (Phi) is 5.73. The summed E-state index contributed by atoms with van der Waals surface area (Å²) in [5, 5.41) is 20.0. The van der Waals surface area contributed by atoms with E-state index >= 15 is 0 Å². The van der Waals surface area contributed by atoms with E-state index < -0.39 is 27.3 Å². The van der Waals surface area contributed by atoms with Crippen LogP contribution in [0.2, 0.25) is 0 Å². The molecule has 1 unspecified atom stereocenters. The Balaban J connectivity index is 1.93. The number of β-amino-alcohol motifs (C(OH)–C–C–N with tert-alkyl or cyclic N) is 1. The van der Waals surface area contributed by atoms with Crippen LogP contribution in [-0.4, -0.2) is 46.8 Å². The molecule has 2 aromatic rings. The Labute approximate surface area is 171 Å². The Bertz CT molecular complexity index is 1040. The number of aliphatic hydroxyl groups is 1. The number of aryl methyl sites for hydroxylation is 2. The van der Waals surface area contributed by atoms with Crippen LogP contribution in [0.3, 0.4) is 0 Å². The van der Waals surface area contributed by atoms with Gasteiger partial charge in [-0.2, -0.15) is 13.1 Å². The van der Waals surface area contributed by atoms with Gasteiger partial charge >= 0.3 is 10.1 Å². The van der Waals surface area contributed by atoms with Gasteiger partial charge in [-0.05, 0) is 48.7 Å². The highest BCUT2D eigenvalue weighted by Crippen LogP contribution is 2.49. The maximum atomic E-state index is 11.6. The summed E-state index contributed by atoms with van der Waals surface area (Å²) in [7, 11) is -7.14. The highest BCUT2D eigenvalue weighted by atomic mass is 32.3. The fourth-order valence-electron chi connectivity index (χ4n) is 3.30. The number of nitrogens with one attached hydrogen (secondary N) is 1. The van der Waals surface area contributed by atoms with Crippen molar-refractivity contribution in [2.45, 2.75) is 26.5 Å². The Morgan fingerprint density at radius 3 is 2.48 bits per heavy atom. The van der Waals surface area contributed by atoms with Gasteiger partial charge in [0.2, 0.25) is 0 Å². The molecule has 3 rings (SSSR count). The number of rotatable bonds is 5. The third-order valence-corrected chi connectivity index (χ3v) is 6.48. The molecule has 0 amide bonds. The number of aliphatic hydroxyl groups excluding tert-OH is 1.